The molecule has 0 heterocycles. The van der Waals surface area contributed by atoms with Gasteiger partial charge < -0.3 is 4.79 Å². The Bertz CT molecular complexity index is 382. The van der Waals surface area contributed by atoms with E-state index in [2.05, 4.69) is 6.07 Å². The summed E-state index contributed by atoms with van der Waals surface area (Å²) in [5.41, 5.74) is 2.75. The van der Waals surface area contributed by atoms with Crippen LogP contribution in [0.15, 0.2) is 30.3 Å². The van der Waals surface area contributed by atoms with Crippen LogP contribution in [0.1, 0.15) is 24.5 Å². The Labute approximate surface area is 83.5 Å². The summed E-state index contributed by atoms with van der Waals surface area (Å²) in [5.74, 6) is 0. The van der Waals surface area contributed by atoms with Crippen LogP contribution in [0.5, 0.6) is 0 Å². The van der Waals surface area contributed by atoms with E-state index in [1.165, 1.54) is 0 Å². The molecule has 0 bridgehead atoms. The Morgan fingerprint density at radius 1 is 1.43 bits per heavy atom. The largest absolute Gasteiger partial charge is 0.303 e. The smallest absolute Gasteiger partial charge is 0.123 e. The highest BCUT2D eigenvalue weighted by molar-refractivity contribution is 5.67. The topological polar surface area (TPSA) is 40.9 Å². The van der Waals surface area contributed by atoms with Gasteiger partial charge in [0, 0.05) is 6.42 Å². The number of carbonyl (C=O) groups is 1. The van der Waals surface area contributed by atoms with Crippen LogP contribution in [-0.4, -0.2) is 6.29 Å². The first-order valence-corrected chi connectivity index (χ1v) is 4.39. The zero-order valence-electron chi connectivity index (χ0n) is 8.03. The van der Waals surface area contributed by atoms with Gasteiger partial charge in [-0.2, -0.15) is 5.26 Å². The fourth-order valence-electron chi connectivity index (χ4n) is 1.15. The van der Waals surface area contributed by atoms with E-state index in [0.29, 0.717) is 12.0 Å². The lowest BCUT2D eigenvalue weighted by atomic mass is 10.1. The average molecular weight is 185 g/mol. The van der Waals surface area contributed by atoms with Gasteiger partial charge in [-0.1, -0.05) is 18.2 Å². The van der Waals surface area contributed by atoms with Crippen molar-refractivity contribution in [3.8, 4) is 6.07 Å². The van der Waals surface area contributed by atoms with Crippen molar-refractivity contribution in [2.24, 2.45) is 0 Å². The summed E-state index contributed by atoms with van der Waals surface area (Å²) in [7, 11) is 0. The van der Waals surface area contributed by atoms with Gasteiger partial charge in [-0.15, -0.1) is 0 Å². The fraction of sp³-hybridized carbons (Fsp3) is 0.167. The monoisotopic (exact) mass is 185 g/mol. The van der Waals surface area contributed by atoms with Crippen LogP contribution in [0.4, 0.5) is 0 Å². The van der Waals surface area contributed by atoms with Gasteiger partial charge in [0.05, 0.1) is 11.6 Å². The minimum Gasteiger partial charge on any atom is -0.303 e. The second kappa shape index (κ2) is 4.98. The fourth-order valence-corrected chi connectivity index (χ4v) is 1.15. The van der Waals surface area contributed by atoms with E-state index in [4.69, 9.17) is 5.26 Å². The first kappa shape index (κ1) is 10.2. The van der Waals surface area contributed by atoms with Crippen LogP contribution < -0.4 is 0 Å². The zero-order chi connectivity index (χ0) is 10.4. The normalized spacial score (nSPS) is 10.7. The molecule has 0 aliphatic rings. The molecule has 0 atom stereocenters. The van der Waals surface area contributed by atoms with E-state index in [1.807, 2.05) is 25.1 Å². The van der Waals surface area contributed by atoms with Crippen LogP contribution in [0.25, 0.3) is 5.57 Å². The lowest BCUT2D eigenvalue weighted by Gasteiger charge is -1.99. The SMILES string of the molecule is C/C(=C\CC=O)c1ccc(C#N)cc1. The number of nitrogens with zero attached hydrogens (tertiary/aromatic N) is 1. The van der Waals surface area contributed by atoms with E-state index < -0.39 is 0 Å². The van der Waals surface area contributed by atoms with Crippen molar-refractivity contribution in [2.45, 2.75) is 13.3 Å². The van der Waals surface area contributed by atoms with Gasteiger partial charge in [0.1, 0.15) is 6.29 Å². The maximum Gasteiger partial charge on any atom is 0.123 e. The number of nitriles is 1. The molecule has 1 aromatic carbocycles. The van der Waals surface area contributed by atoms with Crippen LogP contribution in [0.2, 0.25) is 0 Å². The third kappa shape index (κ3) is 2.56. The molecule has 1 aromatic rings. The van der Waals surface area contributed by atoms with Crippen molar-refractivity contribution >= 4 is 11.9 Å². The molecule has 0 aliphatic heterocycles. The van der Waals surface area contributed by atoms with E-state index in [0.717, 1.165) is 17.4 Å². The molecule has 0 spiro atoms. The molecular formula is C12H11NO. The maximum atomic E-state index is 10.2. The Hall–Kier alpha value is -1.88. The summed E-state index contributed by atoms with van der Waals surface area (Å²) in [5, 5.41) is 8.60. The molecule has 0 aliphatic carbocycles. The first-order valence-electron chi connectivity index (χ1n) is 4.39. The minimum absolute atomic E-state index is 0.436. The van der Waals surface area contributed by atoms with Crippen LogP contribution in [0, 0.1) is 11.3 Å². The number of benzene rings is 1. The van der Waals surface area contributed by atoms with E-state index >= 15 is 0 Å². The third-order valence-corrected chi connectivity index (χ3v) is 1.99. The van der Waals surface area contributed by atoms with Gasteiger partial charge in [-0.25, -0.2) is 0 Å². The molecule has 70 valence electrons. The Morgan fingerprint density at radius 3 is 2.57 bits per heavy atom. The summed E-state index contributed by atoms with van der Waals surface area (Å²) < 4.78 is 0. The average Bonchev–Trinajstić information content (AvgIpc) is 2.26. The number of carbonyl (C=O) groups excluding carboxylic acids is 1. The van der Waals surface area contributed by atoms with Gasteiger partial charge in [-0.05, 0) is 30.2 Å². The highest BCUT2D eigenvalue weighted by atomic mass is 16.1. The Morgan fingerprint density at radius 2 is 2.07 bits per heavy atom. The number of rotatable bonds is 3. The van der Waals surface area contributed by atoms with Crippen LogP contribution >= 0.6 is 0 Å². The van der Waals surface area contributed by atoms with Crippen molar-refractivity contribution in [2.75, 3.05) is 0 Å². The highest BCUT2D eigenvalue weighted by Gasteiger charge is 1.95. The molecule has 2 nitrogen and oxygen atoms in total. The first-order chi connectivity index (χ1) is 6.77. The molecule has 1 rings (SSSR count). The Balaban J connectivity index is 2.87. The second-order valence-electron chi connectivity index (χ2n) is 2.98. The van der Waals surface area contributed by atoms with Crippen LogP contribution in [-0.2, 0) is 4.79 Å². The summed E-state index contributed by atoms with van der Waals surface area (Å²) in [6.07, 6.45) is 3.17. The third-order valence-electron chi connectivity index (χ3n) is 1.99. The quantitative estimate of drug-likeness (QED) is 0.679. The van der Waals surface area contributed by atoms with E-state index in [1.54, 1.807) is 12.1 Å². The molecule has 0 N–H and O–H groups in total. The summed E-state index contributed by atoms with van der Waals surface area (Å²) in [6, 6.07) is 9.37. The molecule has 14 heavy (non-hydrogen) atoms. The number of allylic oxidation sites excluding steroid dienone is 2. The Kier molecular flexibility index (Phi) is 3.63. The molecule has 0 radical (unpaired) electrons. The van der Waals surface area contributed by atoms with E-state index in [-0.39, 0.29) is 0 Å². The molecule has 0 amide bonds. The number of aldehydes is 1. The minimum atomic E-state index is 0.436. The molecule has 0 saturated carbocycles. The zero-order valence-corrected chi connectivity index (χ0v) is 8.03. The van der Waals surface area contributed by atoms with Gasteiger partial charge in [0.15, 0.2) is 0 Å². The predicted octanol–water partition coefficient (Wildman–Crippen LogP) is 2.55. The standard InChI is InChI=1S/C12H11NO/c1-10(3-2-8-14)12-6-4-11(9-13)5-7-12/h3-8H,2H2,1H3/b10-3+. The molecule has 0 fully saturated rings. The summed E-state index contributed by atoms with van der Waals surface area (Å²) in [4.78, 5) is 10.2. The summed E-state index contributed by atoms with van der Waals surface area (Å²) >= 11 is 0. The van der Waals surface area contributed by atoms with Crippen molar-refractivity contribution in [1.82, 2.24) is 0 Å². The van der Waals surface area contributed by atoms with Gasteiger partial charge in [0.25, 0.3) is 0 Å². The number of hydrogen-bond donors (Lipinski definition) is 0. The van der Waals surface area contributed by atoms with Crippen LogP contribution in [0.3, 0.4) is 0 Å². The molecule has 0 saturated heterocycles. The lowest BCUT2D eigenvalue weighted by molar-refractivity contribution is -0.107. The van der Waals surface area contributed by atoms with Gasteiger partial charge >= 0.3 is 0 Å². The lowest BCUT2D eigenvalue weighted by Crippen LogP contribution is -1.81. The molecule has 0 unspecified atom stereocenters. The van der Waals surface area contributed by atoms with Crippen molar-refractivity contribution in [3.63, 3.8) is 0 Å². The molecule has 0 aromatic heterocycles. The predicted molar refractivity (Wildman–Crippen MR) is 55.5 cm³/mol. The van der Waals surface area contributed by atoms with Crippen molar-refractivity contribution < 1.29 is 4.79 Å². The van der Waals surface area contributed by atoms with Gasteiger partial charge in [-0.3, -0.25) is 0 Å². The summed E-state index contributed by atoms with van der Waals surface area (Å²) in [6.45, 7) is 1.95. The molecular weight excluding hydrogens is 174 g/mol. The number of hydrogen-bond acceptors (Lipinski definition) is 2. The van der Waals surface area contributed by atoms with Gasteiger partial charge in [0.2, 0.25) is 0 Å². The van der Waals surface area contributed by atoms with E-state index in [9.17, 15) is 4.79 Å². The van der Waals surface area contributed by atoms with Crippen molar-refractivity contribution in [1.29, 1.82) is 5.26 Å². The second-order valence-corrected chi connectivity index (χ2v) is 2.98. The molecule has 2 heteroatoms. The maximum absolute atomic E-state index is 10.2. The van der Waals surface area contributed by atoms with Crippen molar-refractivity contribution in [3.05, 3.63) is 41.5 Å². The highest BCUT2D eigenvalue weighted by Crippen LogP contribution is 2.14.